The summed E-state index contributed by atoms with van der Waals surface area (Å²) in [6.07, 6.45) is 0.0677. The SMILES string of the molecule is COC(=O)CCC(=O)N1CCNC(=O)C1c1ccccc1. The minimum atomic E-state index is -0.634. The number of ether oxygens (including phenoxy) is 1. The van der Waals surface area contributed by atoms with Crippen LogP contribution in [0.15, 0.2) is 30.3 Å². The molecule has 1 aromatic carbocycles. The van der Waals surface area contributed by atoms with Gasteiger partial charge in [-0.3, -0.25) is 14.4 Å². The van der Waals surface area contributed by atoms with Gasteiger partial charge in [-0.25, -0.2) is 0 Å². The quantitative estimate of drug-likeness (QED) is 0.826. The summed E-state index contributed by atoms with van der Waals surface area (Å²) in [5.41, 5.74) is 0.765. The molecule has 1 saturated heterocycles. The van der Waals surface area contributed by atoms with E-state index in [1.165, 1.54) is 12.0 Å². The third-order valence-electron chi connectivity index (χ3n) is 3.42. The molecule has 112 valence electrons. The first-order chi connectivity index (χ1) is 10.1. The van der Waals surface area contributed by atoms with E-state index in [-0.39, 0.29) is 24.7 Å². The van der Waals surface area contributed by atoms with Crippen molar-refractivity contribution in [2.75, 3.05) is 20.2 Å². The van der Waals surface area contributed by atoms with Crippen LogP contribution in [0, 0.1) is 0 Å². The molecule has 1 fully saturated rings. The van der Waals surface area contributed by atoms with Crippen molar-refractivity contribution < 1.29 is 19.1 Å². The van der Waals surface area contributed by atoms with E-state index in [1.54, 1.807) is 0 Å². The molecule has 0 saturated carbocycles. The number of carbonyl (C=O) groups excluding carboxylic acids is 3. The molecule has 21 heavy (non-hydrogen) atoms. The maximum absolute atomic E-state index is 12.3. The van der Waals surface area contributed by atoms with E-state index in [2.05, 4.69) is 10.1 Å². The van der Waals surface area contributed by atoms with Crippen molar-refractivity contribution in [3.8, 4) is 0 Å². The van der Waals surface area contributed by atoms with Crippen LogP contribution in [-0.4, -0.2) is 42.9 Å². The number of nitrogens with one attached hydrogen (secondary N) is 1. The molecule has 1 atom stereocenters. The number of piperazine rings is 1. The summed E-state index contributed by atoms with van der Waals surface area (Å²) in [7, 11) is 1.29. The van der Waals surface area contributed by atoms with Gasteiger partial charge in [-0.15, -0.1) is 0 Å². The fourth-order valence-corrected chi connectivity index (χ4v) is 2.36. The van der Waals surface area contributed by atoms with Gasteiger partial charge in [0.2, 0.25) is 11.8 Å². The number of hydrogen-bond donors (Lipinski definition) is 1. The lowest BCUT2D eigenvalue weighted by atomic mass is 10.0. The second kappa shape index (κ2) is 6.88. The second-order valence-corrected chi connectivity index (χ2v) is 4.77. The fourth-order valence-electron chi connectivity index (χ4n) is 2.36. The van der Waals surface area contributed by atoms with Crippen LogP contribution in [0.1, 0.15) is 24.4 Å². The minimum Gasteiger partial charge on any atom is -0.469 e. The Morgan fingerprint density at radius 3 is 2.67 bits per heavy atom. The lowest BCUT2D eigenvalue weighted by Gasteiger charge is -2.35. The number of benzene rings is 1. The molecule has 1 aromatic rings. The topological polar surface area (TPSA) is 75.7 Å². The highest BCUT2D eigenvalue weighted by atomic mass is 16.5. The zero-order chi connectivity index (χ0) is 15.2. The zero-order valence-corrected chi connectivity index (χ0v) is 11.9. The molecule has 6 heteroatoms. The van der Waals surface area contributed by atoms with Crippen molar-refractivity contribution in [3.63, 3.8) is 0 Å². The van der Waals surface area contributed by atoms with Gasteiger partial charge in [0.25, 0.3) is 0 Å². The van der Waals surface area contributed by atoms with Crippen LogP contribution in [0.2, 0.25) is 0 Å². The van der Waals surface area contributed by atoms with E-state index < -0.39 is 12.0 Å². The third kappa shape index (κ3) is 3.59. The number of rotatable bonds is 4. The average molecular weight is 290 g/mol. The Labute approximate surface area is 123 Å². The summed E-state index contributed by atoms with van der Waals surface area (Å²) in [5, 5.41) is 2.77. The van der Waals surface area contributed by atoms with Crippen molar-refractivity contribution >= 4 is 17.8 Å². The van der Waals surface area contributed by atoms with Crippen LogP contribution in [-0.2, 0) is 19.1 Å². The van der Waals surface area contributed by atoms with E-state index >= 15 is 0 Å². The van der Waals surface area contributed by atoms with Crippen LogP contribution in [0.25, 0.3) is 0 Å². The van der Waals surface area contributed by atoms with Gasteiger partial charge in [0.05, 0.1) is 13.5 Å². The first kappa shape index (κ1) is 15.0. The molecule has 1 aliphatic heterocycles. The molecule has 6 nitrogen and oxygen atoms in total. The summed E-state index contributed by atoms with van der Waals surface area (Å²) in [4.78, 5) is 37.1. The maximum atomic E-state index is 12.3. The van der Waals surface area contributed by atoms with Gasteiger partial charge in [0.15, 0.2) is 0 Å². The second-order valence-electron chi connectivity index (χ2n) is 4.77. The van der Waals surface area contributed by atoms with Gasteiger partial charge in [-0.05, 0) is 5.56 Å². The number of methoxy groups -OCH3 is 1. The molecule has 0 aliphatic carbocycles. The lowest BCUT2D eigenvalue weighted by Crippen LogP contribution is -2.52. The van der Waals surface area contributed by atoms with Crippen molar-refractivity contribution in [1.82, 2.24) is 10.2 Å². The molecule has 2 rings (SSSR count). The molecule has 0 spiro atoms. The predicted octanol–water partition coefficient (Wildman–Crippen LogP) is 0.639. The van der Waals surface area contributed by atoms with Gasteiger partial charge < -0.3 is 15.0 Å². The first-order valence-corrected chi connectivity index (χ1v) is 6.82. The van der Waals surface area contributed by atoms with Crippen molar-refractivity contribution in [1.29, 1.82) is 0 Å². The Balaban J connectivity index is 2.13. The predicted molar refractivity (Wildman–Crippen MR) is 75.2 cm³/mol. The normalized spacial score (nSPS) is 18.0. The van der Waals surface area contributed by atoms with Crippen molar-refractivity contribution in [2.24, 2.45) is 0 Å². The Morgan fingerprint density at radius 1 is 1.29 bits per heavy atom. The van der Waals surface area contributed by atoms with Crippen molar-refractivity contribution in [2.45, 2.75) is 18.9 Å². The summed E-state index contributed by atoms with van der Waals surface area (Å²) in [6, 6.07) is 8.51. The molecular formula is C15H18N2O4. The summed E-state index contributed by atoms with van der Waals surface area (Å²) < 4.78 is 4.53. The van der Waals surface area contributed by atoms with Crippen molar-refractivity contribution in [3.05, 3.63) is 35.9 Å². The highest BCUT2D eigenvalue weighted by molar-refractivity contribution is 5.90. The van der Waals surface area contributed by atoms with E-state index in [0.717, 1.165) is 5.56 Å². The number of hydrogen-bond acceptors (Lipinski definition) is 4. The lowest BCUT2D eigenvalue weighted by molar-refractivity contribution is -0.147. The average Bonchev–Trinajstić information content (AvgIpc) is 2.52. The minimum absolute atomic E-state index is 0.0228. The van der Waals surface area contributed by atoms with Gasteiger partial charge >= 0.3 is 5.97 Å². The summed E-state index contributed by atoms with van der Waals surface area (Å²) in [6.45, 7) is 0.859. The van der Waals surface area contributed by atoms with Gasteiger partial charge in [-0.1, -0.05) is 30.3 Å². The summed E-state index contributed by atoms with van der Waals surface area (Å²) >= 11 is 0. The Morgan fingerprint density at radius 2 is 2.00 bits per heavy atom. The van der Waals surface area contributed by atoms with Gasteiger partial charge in [-0.2, -0.15) is 0 Å². The molecule has 1 heterocycles. The molecule has 0 bridgehead atoms. The molecule has 1 N–H and O–H groups in total. The molecule has 0 aromatic heterocycles. The number of amides is 2. The van der Waals surface area contributed by atoms with Crippen LogP contribution in [0.5, 0.6) is 0 Å². The largest absolute Gasteiger partial charge is 0.469 e. The maximum Gasteiger partial charge on any atom is 0.306 e. The highest BCUT2D eigenvalue weighted by Gasteiger charge is 2.34. The van der Waals surface area contributed by atoms with Crippen LogP contribution in [0.4, 0.5) is 0 Å². The smallest absolute Gasteiger partial charge is 0.306 e. The summed E-state index contributed by atoms with van der Waals surface area (Å²) in [5.74, 6) is -0.843. The van der Waals surface area contributed by atoms with Gasteiger partial charge in [0, 0.05) is 19.5 Å². The van der Waals surface area contributed by atoms with E-state index in [4.69, 9.17) is 0 Å². The van der Waals surface area contributed by atoms with E-state index in [9.17, 15) is 14.4 Å². The highest BCUT2D eigenvalue weighted by Crippen LogP contribution is 2.24. The van der Waals surface area contributed by atoms with Gasteiger partial charge in [0.1, 0.15) is 6.04 Å². The molecule has 1 unspecified atom stereocenters. The Kier molecular flexibility index (Phi) is 4.92. The molecular weight excluding hydrogens is 272 g/mol. The Bertz CT molecular complexity index is 530. The van der Waals surface area contributed by atoms with Crippen LogP contribution >= 0.6 is 0 Å². The third-order valence-corrected chi connectivity index (χ3v) is 3.42. The number of nitrogens with zero attached hydrogens (tertiary/aromatic N) is 1. The molecule has 1 aliphatic rings. The number of carbonyl (C=O) groups is 3. The number of esters is 1. The van der Waals surface area contributed by atoms with E-state index in [1.807, 2.05) is 30.3 Å². The van der Waals surface area contributed by atoms with Crippen LogP contribution in [0.3, 0.4) is 0 Å². The van der Waals surface area contributed by atoms with Crippen LogP contribution < -0.4 is 5.32 Å². The fraction of sp³-hybridized carbons (Fsp3) is 0.400. The molecule has 0 radical (unpaired) electrons. The first-order valence-electron chi connectivity index (χ1n) is 6.82. The standard InChI is InChI=1S/C15H18N2O4/c1-21-13(19)8-7-12(18)17-10-9-16-15(20)14(17)11-5-3-2-4-6-11/h2-6,14H,7-10H2,1H3,(H,16,20). The monoisotopic (exact) mass is 290 g/mol. The Hall–Kier alpha value is -2.37. The van der Waals surface area contributed by atoms with E-state index in [0.29, 0.717) is 13.1 Å². The molecule has 2 amide bonds. The zero-order valence-electron chi connectivity index (χ0n) is 11.9.